The van der Waals surface area contributed by atoms with E-state index in [1.165, 1.54) is 0 Å². The predicted octanol–water partition coefficient (Wildman–Crippen LogP) is 4.25. The number of nitrogens with zero attached hydrogens (tertiary/aromatic N) is 2. The van der Waals surface area contributed by atoms with E-state index < -0.39 is 6.04 Å². The highest BCUT2D eigenvalue weighted by molar-refractivity contribution is 5.79. The van der Waals surface area contributed by atoms with Crippen LogP contribution < -0.4 is 4.74 Å². The molecular formula is C24H24N2O3. The topological polar surface area (TPSA) is 51.7 Å². The van der Waals surface area contributed by atoms with Crippen LogP contribution in [0.3, 0.4) is 0 Å². The molecule has 0 fully saturated rings. The normalized spacial score (nSPS) is 16.4. The summed E-state index contributed by atoms with van der Waals surface area (Å²) >= 11 is 0. The molecule has 0 amide bonds. The number of benzene rings is 2. The number of carbonyl (C=O) groups is 1. The Bertz CT molecular complexity index is 975. The van der Waals surface area contributed by atoms with Gasteiger partial charge in [0, 0.05) is 30.4 Å². The molecule has 5 heteroatoms. The second kappa shape index (κ2) is 8.88. The van der Waals surface area contributed by atoms with Crippen LogP contribution in [-0.2, 0) is 16.1 Å². The van der Waals surface area contributed by atoms with Gasteiger partial charge in [0.2, 0.25) is 0 Å². The molecule has 0 N–H and O–H groups in total. The minimum Gasteiger partial charge on any atom is -0.492 e. The molecule has 4 rings (SSSR count). The van der Waals surface area contributed by atoms with E-state index in [1.807, 2.05) is 61.5 Å². The zero-order chi connectivity index (χ0) is 20.1. The summed E-state index contributed by atoms with van der Waals surface area (Å²) in [5.74, 6) is 0.492. The van der Waals surface area contributed by atoms with E-state index in [-0.39, 0.29) is 5.97 Å². The standard InChI is InChI=1S/C24H24N2O3/c1-2-28-24(27)23-20-11-5-6-13-22(20)29-16-15-26(23)17-18-9-3-4-10-19(18)21-12-7-8-14-25-21/h3-14,23H,2,15-17H2,1H3. The highest BCUT2D eigenvalue weighted by Crippen LogP contribution is 2.35. The van der Waals surface area contributed by atoms with Gasteiger partial charge in [0.25, 0.3) is 0 Å². The van der Waals surface area contributed by atoms with Crippen molar-refractivity contribution < 1.29 is 14.3 Å². The maximum absolute atomic E-state index is 12.9. The first-order valence-electron chi connectivity index (χ1n) is 9.89. The number of fused-ring (bicyclic) bond motifs is 1. The minimum absolute atomic E-state index is 0.249. The Hall–Kier alpha value is -3.18. The molecule has 1 aliphatic rings. The third-order valence-corrected chi connectivity index (χ3v) is 5.06. The number of pyridine rings is 1. The quantitative estimate of drug-likeness (QED) is 0.612. The molecule has 2 aromatic carbocycles. The van der Waals surface area contributed by atoms with E-state index in [0.717, 1.165) is 28.1 Å². The second-order valence-electron chi connectivity index (χ2n) is 6.88. The lowest BCUT2D eigenvalue weighted by Gasteiger charge is -2.28. The number of carbonyl (C=O) groups excluding carboxylic acids is 1. The molecule has 148 valence electrons. The minimum atomic E-state index is -0.509. The molecule has 3 aromatic rings. The van der Waals surface area contributed by atoms with Gasteiger partial charge < -0.3 is 9.47 Å². The van der Waals surface area contributed by atoms with Gasteiger partial charge in [0.15, 0.2) is 0 Å². The molecule has 0 spiro atoms. The summed E-state index contributed by atoms with van der Waals surface area (Å²) in [6.07, 6.45) is 1.80. The van der Waals surface area contributed by atoms with Crippen LogP contribution in [0.1, 0.15) is 24.1 Å². The molecule has 5 nitrogen and oxygen atoms in total. The van der Waals surface area contributed by atoms with Gasteiger partial charge in [-0.1, -0.05) is 48.5 Å². The van der Waals surface area contributed by atoms with Gasteiger partial charge in [0.05, 0.1) is 12.3 Å². The zero-order valence-corrected chi connectivity index (χ0v) is 16.5. The number of ether oxygens (including phenoxy) is 2. The van der Waals surface area contributed by atoms with Crippen LogP contribution in [0.15, 0.2) is 72.9 Å². The van der Waals surface area contributed by atoms with E-state index in [9.17, 15) is 4.79 Å². The first-order valence-corrected chi connectivity index (χ1v) is 9.89. The first-order chi connectivity index (χ1) is 14.3. The molecule has 0 saturated heterocycles. The van der Waals surface area contributed by atoms with Crippen molar-refractivity contribution >= 4 is 5.97 Å². The smallest absolute Gasteiger partial charge is 0.328 e. The van der Waals surface area contributed by atoms with E-state index in [2.05, 4.69) is 22.0 Å². The van der Waals surface area contributed by atoms with Crippen molar-refractivity contribution in [2.75, 3.05) is 19.8 Å². The summed E-state index contributed by atoms with van der Waals surface area (Å²) in [5, 5.41) is 0. The fourth-order valence-corrected chi connectivity index (χ4v) is 3.75. The Balaban J connectivity index is 1.72. The molecule has 0 radical (unpaired) electrons. The number of hydrogen-bond donors (Lipinski definition) is 0. The summed E-state index contributed by atoms with van der Waals surface area (Å²) < 4.78 is 11.4. The number of esters is 1. The van der Waals surface area contributed by atoms with Crippen molar-refractivity contribution in [3.63, 3.8) is 0 Å². The molecule has 1 aliphatic heterocycles. The lowest BCUT2D eigenvalue weighted by Crippen LogP contribution is -2.36. The van der Waals surface area contributed by atoms with Crippen molar-refractivity contribution in [1.82, 2.24) is 9.88 Å². The summed E-state index contributed by atoms with van der Waals surface area (Å²) in [4.78, 5) is 19.6. The number of rotatable bonds is 5. The van der Waals surface area contributed by atoms with Crippen molar-refractivity contribution in [1.29, 1.82) is 0 Å². The zero-order valence-electron chi connectivity index (χ0n) is 16.5. The van der Waals surface area contributed by atoms with E-state index in [1.54, 1.807) is 6.20 Å². The molecular weight excluding hydrogens is 364 g/mol. The SMILES string of the molecule is CCOC(=O)C1c2ccccc2OCCN1Cc1ccccc1-c1ccccn1. The van der Waals surface area contributed by atoms with E-state index >= 15 is 0 Å². The molecule has 0 aliphatic carbocycles. The Morgan fingerprint density at radius 1 is 1.10 bits per heavy atom. The molecule has 1 unspecified atom stereocenters. The van der Waals surface area contributed by atoms with Gasteiger partial charge in [-0.15, -0.1) is 0 Å². The van der Waals surface area contributed by atoms with E-state index in [4.69, 9.17) is 9.47 Å². The predicted molar refractivity (Wildman–Crippen MR) is 111 cm³/mol. The lowest BCUT2D eigenvalue weighted by atomic mass is 10.0. The maximum atomic E-state index is 12.9. The van der Waals surface area contributed by atoms with Crippen LogP contribution in [0.4, 0.5) is 0 Å². The van der Waals surface area contributed by atoms with Gasteiger partial charge >= 0.3 is 5.97 Å². The van der Waals surface area contributed by atoms with Crippen molar-refractivity contribution in [2.45, 2.75) is 19.5 Å². The lowest BCUT2D eigenvalue weighted by molar-refractivity contribution is -0.150. The van der Waals surface area contributed by atoms with Crippen LogP contribution in [0.25, 0.3) is 11.3 Å². The van der Waals surface area contributed by atoms with Gasteiger partial charge in [0.1, 0.15) is 18.4 Å². The Labute approximate surface area is 170 Å². The van der Waals surface area contributed by atoms with Crippen LogP contribution in [0.5, 0.6) is 5.75 Å². The summed E-state index contributed by atoms with van der Waals surface area (Å²) in [6, 6.07) is 21.3. The van der Waals surface area contributed by atoms with Crippen LogP contribution in [0.2, 0.25) is 0 Å². The Morgan fingerprint density at radius 2 is 1.90 bits per heavy atom. The number of aromatic nitrogens is 1. The summed E-state index contributed by atoms with van der Waals surface area (Å²) in [5.41, 5.74) is 3.94. The van der Waals surface area contributed by atoms with Gasteiger partial charge in [-0.25, -0.2) is 4.79 Å². The molecule has 1 atom stereocenters. The third-order valence-electron chi connectivity index (χ3n) is 5.06. The highest BCUT2D eigenvalue weighted by Gasteiger charge is 2.33. The highest BCUT2D eigenvalue weighted by atomic mass is 16.5. The average molecular weight is 388 g/mol. The molecule has 29 heavy (non-hydrogen) atoms. The van der Waals surface area contributed by atoms with Gasteiger partial charge in [-0.05, 0) is 30.7 Å². The number of hydrogen-bond acceptors (Lipinski definition) is 5. The average Bonchev–Trinajstić information content (AvgIpc) is 2.94. The molecule has 1 aromatic heterocycles. The molecule has 0 saturated carbocycles. The van der Waals surface area contributed by atoms with Gasteiger partial charge in [-0.2, -0.15) is 0 Å². The Morgan fingerprint density at radius 3 is 2.72 bits per heavy atom. The largest absolute Gasteiger partial charge is 0.492 e. The third kappa shape index (κ3) is 4.15. The van der Waals surface area contributed by atoms with Crippen LogP contribution in [-0.4, -0.2) is 35.6 Å². The van der Waals surface area contributed by atoms with Crippen molar-refractivity contribution in [2.24, 2.45) is 0 Å². The molecule has 2 heterocycles. The fourth-order valence-electron chi connectivity index (χ4n) is 3.75. The monoisotopic (exact) mass is 388 g/mol. The molecule has 0 bridgehead atoms. The van der Waals surface area contributed by atoms with Crippen molar-refractivity contribution in [3.8, 4) is 17.0 Å². The van der Waals surface area contributed by atoms with Crippen LogP contribution in [0, 0.1) is 0 Å². The van der Waals surface area contributed by atoms with E-state index in [0.29, 0.717) is 26.3 Å². The van der Waals surface area contributed by atoms with Crippen molar-refractivity contribution in [3.05, 3.63) is 84.1 Å². The first kappa shape index (κ1) is 19.2. The van der Waals surface area contributed by atoms with Crippen LogP contribution >= 0.6 is 0 Å². The van der Waals surface area contributed by atoms with Gasteiger partial charge in [-0.3, -0.25) is 9.88 Å². The summed E-state index contributed by atoms with van der Waals surface area (Å²) in [7, 11) is 0. The fraction of sp³-hybridized carbons (Fsp3) is 0.250. The Kier molecular flexibility index (Phi) is 5.86. The maximum Gasteiger partial charge on any atom is 0.328 e. The summed E-state index contributed by atoms with van der Waals surface area (Å²) in [6.45, 7) is 3.90. The number of para-hydroxylation sites is 1. The second-order valence-corrected chi connectivity index (χ2v) is 6.88.